The number of fused-ring (bicyclic) bond motifs is 1. The predicted molar refractivity (Wildman–Crippen MR) is 102 cm³/mol. The Morgan fingerprint density at radius 3 is 2.88 bits per heavy atom. The molecule has 1 heterocycles. The summed E-state index contributed by atoms with van der Waals surface area (Å²) in [5.74, 6) is 1.02. The lowest BCUT2D eigenvalue weighted by molar-refractivity contribution is 0.262. The minimum absolute atomic E-state index is 0.0481. The Bertz CT molecular complexity index is 778. The van der Waals surface area contributed by atoms with E-state index in [1.54, 1.807) is 12.1 Å². The number of ether oxygens (including phenoxy) is 1. The van der Waals surface area contributed by atoms with Crippen LogP contribution in [0.1, 0.15) is 29.6 Å². The predicted octanol–water partition coefficient (Wildman–Crippen LogP) is 2.86. The Kier molecular flexibility index (Phi) is 5.73. The molecule has 1 aliphatic rings. The number of nitrogens with two attached hydrogens (primary N) is 1. The molecule has 2 atom stereocenters. The Balaban J connectivity index is 1.69. The molecule has 0 aliphatic carbocycles. The maximum atomic E-state index is 13.5. The number of hydrogen-bond donors (Lipinski definition) is 2. The van der Waals surface area contributed by atoms with E-state index in [0.29, 0.717) is 19.1 Å². The highest BCUT2D eigenvalue weighted by atomic mass is 19.1. The van der Waals surface area contributed by atoms with Crippen LogP contribution in [0, 0.1) is 5.82 Å². The van der Waals surface area contributed by atoms with Gasteiger partial charge in [0, 0.05) is 12.0 Å². The van der Waals surface area contributed by atoms with Crippen molar-refractivity contribution in [3.05, 3.63) is 65.5 Å². The minimum Gasteiger partial charge on any atom is -0.493 e. The molecule has 0 radical (unpaired) electrons. The van der Waals surface area contributed by atoms with Crippen molar-refractivity contribution >= 4 is 5.96 Å². The second-order valence-electron chi connectivity index (χ2n) is 6.63. The second kappa shape index (κ2) is 8.19. The number of para-hydroxylation sites is 1. The molecule has 0 saturated carbocycles. The monoisotopic (exact) mass is 356 g/mol. The van der Waals surface area contributed by atoms with Crippen LogP contribution in [-0.2, 0) is 0 Å². The molecular weight excluding hydrogens is 331 g/mol. The average Bonchev–Trinajstić information content (AvgIpc) is 2.62. The molecule has 5 nitrogen and oxygen atoms in total. The summed E-state index contributed by atoms with van der Waals surface area (Å²) in [5, 5.41) is 3.29. The van der Waals surface area contributed by atoms with Crippen LogP contribution in [0.25, 0.3) is 0 Å². The number of guanidine groups is 1. The SMILES string of the molecule is CN(C)C(CN=C(N)NC1CCOc2ccccc21)c1cccc(F)c1. The molecule has 138 valence electrons. The first-order valence-corrected chi connectivity index (χ1v) is 8.74. The van der Waals surface area contributed by atoms with Gasteiger partial charge in [-0.3, -0.25) is 4.99 Å². The molecule has 2 aromatic carbocycles. The van der Waals surface area contributed by atoms with Crippen molar-refractivity contribution < 1.29 is 9.13 Å². The summed E-state index contributed by atoms with van der Waals surface area (Å²) in [7, 11) is 3.90. The van der Waals surface area contributed by atoms with Gasteiger partial charge in [0.1, 0.15) is 11.6 Å². The smallest absolute Gasteiger partial charge is 0.189 e. The Labute approximate surface area is 153 Å². The van der Waals surface area contributed by atoms with Crippen LogP contribution < -0.4 is 15.8 Å². The van der Waals surface area contributed by atoms with Crippen molar-refractivity contribution in [3.63, 3.8) is 0 Å². The first-order chi connectivity index (χ1) is 12.5. The maximum Gasteiger partial charge on any atom is 0.189 e. The van der Waals surface area contributed by atoms with E-state index in [9.17, 15) is 4.39 Å². The van der Waals surface area contributed by atoms with Gasteiger partial charge < -0.3 is 20.7 Å². The van der Waals surface area contributed by atoms with Gasteiger partial charge in [-0.15, -0.1) is 0 Å². The quantitative estimate of drug-likeness (QED) is 0.639. The third-order valence-electron chi connectivity index (χ3n) is 4.57. The van der Waals surface area contributed by atoms with Crippen LogP contribution in [-0.4, -0.2) is 38.1 Å². The van der Waals surface area contributed by atoms with Crippen LogP contribution in [0.15, 0.2) is 53.5 Å². The average molecular weight is 356 g/mol. The van der Waals surface area contributed by atoms with Crippen molar-refractivity contribution in [2.24, 2.45) is 10.7 Å². The third-order valence-corrected chi connectivity index (χ3v) is 4.57. The molecule has 0 aromatic heterocycles. The standard InChI is InChI=1S/C20H25FN4O/c1-25(2)18(14-6-5-7-15(21)12-14)13-23-20(22)24-17-10-11-26-19-9-4-3-8-16(17)19/h3-9,12,17-18H,10-11,13H2,1-2H3,(H3,22,23,24). The van der Waals surface area contributed by atoms with E-state index in [0.717, 1.165) is 23.3 Å². The van der Waals surface area contributed by atoms with Crippen LogP contribution in [0.4, 0.5) is 4.39 Å². The fourth-order valence-corrected chi connectivity index (χ4v) is 3.18. The van der Waals surface area contributed by atoms with Crippen LogP contribution in [0.2, 0.25) is 0 Å². The fourth-order valence-electron chi connectivity index (χ4n) is 3.18. The highest BCUT2D eigenvalue weighted by Gasteiger charge is 2.21. The van der Waals surface area contributed by atoms with Crippen LogP contribution in [0.5, 0.6) is 5.75 Å². The van der Waals surface area contributed by atoms with Crippen LogP contribution >= 0.6 is 0 Å². The summed E-state index contributed by atoms with van der Waals surface area (Å²) in [6.45, 7) is 1.09. The molecule has 0 fully saturated rings. The van der Waals surface area contributed by atoms with Gasteiger partial charge in [-0.05, 0) is 37.9 Å². The lowest BCUT2D eigenvalue weighted by atomic mass is 10.0. The summed E-state index contributed by atoms with van der Waals surface area (Å²) in [4.78, 5) is 6.51. The molecule has 6 heteroatoms. The normalized spacial score (nSPS) is 18.2. The van der Waals surface area contributed by atoms with E-state index < -0.39 is 0 Å². The molecule has 2 unspecified atom stereocenters. The molecule has 0 saturated heterocycles. The van der Waals surface area contributed by atoms with Gasteiger partial charge in [-0.25, -0.2) is 4.39 Å². The molecule has 26 heavy (non-hydrogen) atoms. The maximum absolute atomic E-state index is 13.5. The van der Waals surface area contributed by atoms with Crippen molar-refractivity contribution in [1.82, 2.24) is 10.2 Å². The van der Waals surface area contributed by atoms with E-state index in [-0.39, 0.29) is 17.9 Å². The van der Waals surface area contributed by atoms with Gasteiger partial charge in [-0.1, -0.05) is 30.3 Å². The summed E-state index contributed by atoms with van der Waals surface area (Å²) < 4.78 is 19.2. The van der Waals surface area contributed by atoms with Crippen molar-refractivity contribution in [3.8, 4) is 5.75 Å². The van der Waals surface area contributed by atoms with Gasteiger partial charge >= 0.3 is 0 Å². The van der Waals surface area contributed by atoms with E-state index in [1.165, 1.54) is 6.07 Å². The highest BCUT2D eigenvalue weighted by molar-refractivity contribution is 5.78. The second-order valence-corrected chi connectivity index (χ2v) is 6.63. The largest absolute Gasteiger partial charge is 0.493 e. The third kappa shape index (κ3) is 4.32. The summed E-state index contributed by atoms with van der Waals surface area (Å²) >= 11 is 0. The van der Waals surface area contributed by atoms with Gasteiger partial charge in [0.2, 0.25) is 0 Å². The lowest BCUT2D eigenvalue weighted by Crippen LogP contribution is -2.38. The van der Waals surface area contributed by atoms with Gasteiger partial charge in [0.25, 0.3) is 0 Å². The molecule has 0 amide bonds. The molecule has 3 N–H and O–H groups in total. The molecule has 1 aliphatic heterocycles. The zero-order valence-corrected chi connectivity index (χ0v) is 15.2. The van der Waals surface area contributed by atoms with Crippen LogP contribution in [0.3, 0.4) is 0 Å². The number of halogens is 1. The van der Waals surface area contributed by atoms with E-state index >= 15 is 0 Å². The van der Waals surface area contributed by atoms with E-state index in [2.05, 4.69) is 10.3 Å². The number of nitrogens with zero attached hydrogens (tertiary/aromatic N) is 2. The van der Waals surface area contributed by atoms with Crippen molar-refractivity contribution in [2.75, 3.05) is 27.2 Å². The highest BCUT2D eigenvalue weighted by Crippen LogP contribution is 2.31. The number of rotatable bonds is 5. The molecular formula is C20H25FN4O. The van der Waals surface area contributed by atoms with Gasteiger partial charge in [0.15, 0.2) is 5.96 Å². The van der Waals surface area contributed by atoms with Gasteiger partial charge in [0.05, 0.1) is 25.2 Å². The number of likely N-dealkylation sites (N-methyl/N-ethyl adjacent to an activating group) is 1. The summed E-state index contributed by atoms with van der Waals surface area (Å²) in [6.07, 6.45) is 0.828. The first-order valence-electron chi connectivity index (χ1n) is 8.74. The topological polar surface area (TPSA) is 62.9 Å². The minimum atomic E-state index is -0.247. The van der Waals surface area contributed by atoms with Gasteiger partial charge in [-0.2, -0.15) is 0 Å². The Hall–Kier alpha value is -2.60. The van der Waals surface area contributed by atoms with Crippen molar-refractivity contribution in [2.45, 2.75) is 18.5 Å². The first kappa shape index (κ1) is 18.2. The number of nitrogens with one attached hydrogen (secondary N) is 1. The lowest BCUT2D eigenvalue weighted by Gasteiger charge is -2.27. The Morgan fingerprint density at radius 2 is 2.12 bits per heavy atom. The van der Waals surface area contributed by atoms with E-state index in [4.69, 9.17) is 10.5 Å². The zero-order chi connectivity index (χ0) is 18.5. The Morgan fingerprint density at radius 1 is 1.31 bits per heavy atom. The molecule has 3 rings (SSSR count). The number of hydrogen-bond acceptors (Lipinski definition) is 3. The summed E-state index contributed by atoms with van der Waals surface area (Å²) in [5.41, 5.74) is 8.09. The number of benzene rings is 2. The molecule has 0 spiro atoms. The fraction of sp³-hybridized carbons (Fsp3) is 0.350. The molecule has 0 bridgehead atoms. The number of aliphatic imine (C=N–C) groups is 1. The summed E-state index contributed by atoms with van der Waals surface area (Å²) in [6, 6.07) is 14.6. The zero-order valence-electron chi connectivity index (χ0n) is 15.2. The molecule has 2 aromatic rings. The van der Waals surface area contributed by atoms with Crippen molar-refractivity contribution in [1.29, 1.82) is 0 Å². The van der Waals surface area contributed by atoms with E-state index in [1.807, 2.05) is 49.3 Å².